The predicted molar refractivity (Wildman–Crippen MR) is 195 cm³/mol. The van der Waals surface area contributed by atoms with Gasteiger partial charge in [-0.15, -0.1) is 0 Å². The first-order valence-corrected chi connectivity index (χ1v) is 24.8. The van der Waals surface area contributed by atoms with Crippen LogP contribution in [0.3, 0.4) is 0 Å². The molecule has 0 spiro atoms. The Morgan fingerprint density at radius 2 is 0.977 bits per heavy atom. The molecule has 0 aliphatic carbocycles. The smallest absolute Gasteiger partial charge is 0.324 e. The molecule has 6 nitrogen and oxygen atoms in total. The van der Waals surface area contributed by atoms with Crippen molar-refractivity contribution in [2.45, 2.75) is 195 Å². The van der Waals surface area contributed by atoms with Crippen molar-refractivity contribution in [2.24, 2.45) is 0 Å². The Hall–Kier alpha value is 0.194. The minimum Gasteiger partial charge on any atom is -0.415 e. The molecule has 0 aromatic carbocycles. The molecule has 0 radical (unpaired) electrons. The van der Waals surface area contributed by atoms with Crippen LogP contribution < -0.4 is 0 Å². The van der Waals surface area contributed by atoms with E-state index >= 15 is 0 Å². The molecule has 0 rings (SSSR count). The molecule has 1 N–H and O–H groups in total. The first kappa shape index (κ1) is 44.2. The monoisotopic (exact) mass is 662 g/mol. The second-order valence-electron chi connectivity index (χ2n) is 13.9. The van der Waals surface area contributed by atoms with Gasteiger partial charge in [0.2, 0.25) is 0 Å². The normalized spacial score (nSPS) is 13.3. The van der Waals surface area contributed by atoms with Gasteiger partial charge in [-0.25, -0.2) is 0 Å². The standard InChI is InChI=1S/C36H79NO5Si2/c1-8-11-14-17-20-28-35-40-43(4,5)42-44(6,7)41-36(29-22-18-15-12-9-2)39-34-27-21-19-24-31-37(32-25-26-33-38)30-23-16-13-10-3/h36,38H,8-35H2,1-7H3. The number of hydrogen-bond donors (Lipinski definition) is 1. The molecule has 0 aliphatic rings. The van der Waals surface area contributed by atoms with Gasteiger partial charge in [-0.3, -0.25) is 0 Å². The van der Waals surface area contributed by atoms with E-state index in [0.717, 1.165) is 58.3 Å². The first-order valence-electron chi connectivity index (χ1n) is 19.2. The van der Waals surface area contributed by atoms with Gasteiger partial charge in [-0.1, -0.05) is 111 Å². The van der Waals surface area contributed by atoms with E-state index in [0.29, 0.717) is 6.61 Å². The van der Waals surface area contributed by atoms with Crippen LogP contribution in [0.5, 0.6) is 0 Å². The van der Waals surface area contributed by atoms with E-state index in [2.05, 4.69) is 51.9 Å². The number of hydrogen-bond acceptors (Lipinski definition) is 6. The van der Waals surface area contributed by atoms with Gasteiger partial charge >= 0.3 is 17.1 Å². The number of ether oxygens (including phenoxy) is 1. The summed E-state index contributed by atoms with van der Waals surface area (Å²) in [7, 11) is -4.65. The van der Waals surface area contributed by atoms with E-state index in [9.17, 15) is 5.11 Å². The number of aliphatic hydroxyl groups excluding tert-OH is 1. The third-order valence-electron chi connectivity index (χ3n) is 8.28. The molecule has 0 aromatic heterocycles. The van der Waals surface area contributed by atoms with Gasteiger partial charge in [0.05, 0.1) is 0 Å². The fourth-order valence-electron chi connectivity index (χ4n) is 5.80. The summed E-state index contributed by atoms with van der Waals surface area (Å²) in [4.78, 5) is 2.62. The predicted octanol–water partition coefficient (Wildman–Crippen LogP) is 10.7. The molecule has 1 unspecified atom stereocenters. The average molecular weight is 662 g/mol. The van der Waals surface area contributed by atoms with E-state index in [1.54, 1.807) is 0 Å². The van der Waals surface area contributed by atoms with Crippen molar-refractivity contribution in [3.63, 3.8) is 0 Å². The fraction of sp³-hybridized carbons (Fsp3) is 1.00. The van der Waals surface area contributed by atoms with Crippen LogP contribution in [0.25, 0.3) is 0 Å². The molecule has 0 bridgehead atoms. The summed E-state index contributed by atoms with van der Waals surface area (Å²) in [6, 6.07) is 0. The fourth-order valence-corrected chi connectivity index (χ4v) is 12.4. The quantitative estimate of drug-likeness (QED) is 0.0414. The third-order valence-corrected chi connectivity index (χ3v) is 13.9. The summed E-state index contributed by atoms with van der Waals surface area (Å²) < 4.78 is 26.0. The van der Waals surface area contributed by atoms with Crippen molar-refractivity contribution >= 4 is 17.1 Å². The van der Waals surface area contributed by atoms with Crippen LogP contribution in [0, 0.1) is 0 Å². The summed E-state index contributed by atoms with van der Waals surface area (Å²) in [6.07, 6.45) is 26.8. The molecule has 0 amide bonds. The van der Waals surface area contributed by atoms with Crippen molar-refractivity contribution in [1.82, 2.24) is 4.90 Å². The lowest BCUT2D eigenvalue weighted by molar-refractivity contribution is -0.101. The molecular formula is C36H79NO5Si2. The molecule has 1 atom stereocenters. The lowest BCUT2D eigenvalue weighted by Crippen LogP contribution is -2.50. The summed E-state index contributed by atoms with van der Waals surface area (Å²) in [5, 5.41) is 9.17. The van der Waals surface area contributed by atoms with Gasteiger partial charge in [0, 0.05) is 19.8 Å². The Balaban J connectivity index is 4.58. The molecule has 0 fully saturated rings. The summed E-state index contributed by atoms with van der Waals surface area (Å²) in [5.41, 5.74) is 0. The highest BCUT2D eigenvalue weighted by Gasteiger charge is 2.38. The van der Waals surface area contributed by atoms with Crippen molar-refractivity contribution in [2.75, 3.05) is 39.5 Å². The Kier molecular flexibility index (Phi) is 30.7. The zero-order valence-electron chi connectivity index (χ0n) is 30.9. The van der Waals surface area contributed by atoms with Crippen molar-refractivity contribution < 1.29 is 22.8 Å². The Morgan fingerprint density at radius 3 is 1.55 bits per heavy atom. The lowest BCUT2D eigenvalue weighted by atomic mass is 10.1. The molecule has 44 heavy (non-hydrogen) atoms. The van der Waals surface area contributed by atoms with Crippen molar-refractivity contribution in [1.29, 1.82) is 0 Å². The Bertz CT molecular complexity index is 597. The zero-order valence-corrected chi connectivity index (χ0v) is 32.9. The third kappa shape index (κ3) is 29.6. The second-order valence-corrected chi connectivity index (χ2v) is 20.8. The van der Waals surface area contributed by atoms with Gasteiger partial charge < -0.3 is 27.7 Å². The Labute approximate surface area is 278 Å². The molecule has 266 valence electrons. The maximum absolute atomic E-state index is 9.17. The van der Waals surface area contributed by atoms with E-state index in [1.165, 1.54) is 116 Å². The summed E-state index contributed by atoms with van der Waals surface area (Å²) >= 11 is 0. The van der Waals surface area contributed by atoms with E-state index < -0.39 is 17.1 Å². The maximum Gasteiger partial charge on any atom is 0.324 e. The van der Waals surface area contributed by atoms with Crippen LogP contribution in [-0.2, 0) is 17.7 Å². The SMILES string of the molecule is CCCCCCCCO[Si](C)(C)O[Si](C)(C)OC(CCCCCCC)OCCCCCCN(CCCCO)CCCCCC. The largest absolute Gasteiger partial charge is 0.415 e. The topological polar surface area (TPSA) is 60.4 Å². The first-order chi connectivity index (χ1) is 21.2. The van der Waals surface area contributed by atoms with E-state index in [4.69, 9.17) is 17.7 Å². The highest BCUT2D eigenvalue weighted by Crippen LogP contribution is 2.22. The highest BCUT2D eigenvalue weighted by molar-refractivity contribution is 6.78. The van der Waals surface area contributed by atoms with Crippen molar-refractivity contribution in [3.8, 4) is 0 Å². The maximum atomic E-state index is 9.17. The minimum atomic E-state index is -2.40. The molecule has 0 aliphatic heterocycles. The van der Waals surface area contributed by atoms with Crippen molar-refractivity contribution in [3.05, 3.63) is 0 Å². The number of nitrogens with zero attached hydrogens (tertiary/aromatic N) is 1. The van der Waals surface area contributed by atoms with E-state index in [1.807, 2.05) is 0 Å². The van der Waals surface area contributed by atoms with Gasteiger partial charge in [-0.2, -0.15) is 0 Å². The van der Waals surface area contributed by atoms with Crippen LogP contribution in [-0.4, -0.2) is 72.9 Å². The minimum absolute atomic E-state index is 0.174. The summed E-state index contributed by atoms with van der Waals surface area (Å²) in [6.45, 7) is 20.9. The van der Waals surface area contributed by atoms with Crippen LogP contribution in [0.1, 0.15) is 162 Å². The number of rotatable bonds is 35. The Morgan fingerprint density at radius 1 is 0.523 bits per heavy atom. The lowest BCUT2D eigenvalue weighted by Gasteiger charge is -2.35. The zero-order chi connectivity index (χ0) is 32.8. The highest BCUT2D eigenvalue weighted by atomic mass is 28.5. The molecule has 0 saturated heterocycles. The number of unbranched alkanes of at least 4 members (excludes halogenated alkanes) is 16. The molecular weight excluding hydrogens is 583 g/mol. The van der Waals surface area contributed by atoms with Gasteiger partial charge in [0.15, 0.2) is 0 Å². The van der Waals surface area contributed by atoms with Crippen LogP contribution in [0.15, 0.2) is 0 Å². The molecule has 8 heteroatoms. The molecule has 0 saturated carbocycles. The number of aliphatic hydroxyl groups is 1. The van der Waals surface area contributed by atoms with Crippen LogP contribution in [0.2, 0.25) is 26.2 Å². The van der Waals surface area contributed by atoms with E-state index in [-0.39, 0.29) is 6.29 Å². The summed E-state index contributed by atoms with van der Waals surface area (Å²) in [5.74, 6) is 0. The van der Waals surface area contributed by atoms with Gasteiger partial charge in [-0.05, 0) is 97.2 Å². The van der Waals surface area contributed by atoms with Crippen LogP contribution in [0.4, 0.5) is 0 Å². The van der Waals surface area contributed by atoms with Gasteiger partial charge in [0.25, 0.3) is 0 Å². The van der Waals surface area contributed by atoms with Gasteiger partial charge in [0.1, 0.15) is 6.29 Å². The molecule has 0 aromatic rings. The second kappa shape index (κ2) is 30.5. The molecule has 0 heterocycles. The van der Waals surface area contributed by atoms with Crippen LogP contribution >= 0.6 is 0 Å². The average Bonchev–Trinajstić information content (AvgIpc) is 2.97.